The lowest BCUT2D eigenvalue weighted by molar-refractivity contribution is 0.116. The molecule has 0 radical (unpaired) electrons. The Morgan fingerprint density at radius 1 is 1.05 bits per heavy atom. The second kappa shape index (κ2) is 8.38. The second-order valence-electron chi connectivity index (χ2n) is 7.79. The van der Waals surface area contributed by atoms with Crippen LogP contribution < -0.4 is 5.32 Å². The Kier molecular flexibility index (Phi) is 7.53. The van der Waals surface area contributed by atoms with Crippen molar-refractivity contribution in [1.29, 1.82) is 0 Å². The average Bonchev–Trinajstić information content (AvgIpc) is 3.19. The van der Waals surface area contributed by atoms with Crippen molar-refractivity contribution in [2.75, 3.05) is 26.2 Å². The van der Waals surface area contributed by atoms with Gasteiger partial charge in [-0.25, -0.2) is 0 Å². The summed E-state index contributed by atoms with van der Waals surface area (Å²) in [5.41, 5.74) is 0.465. The van der Waals surface area contributed by atoms with Crippen LogP contribution in [0.3, 0.4) is 0 Å². The molecule has 2 nitrogen and oxygen atoms in total. The fraction of sp³-hybridized carbons (Fsp3) is 1.00. The lowest BCUT2D eigenvalue weighted by atomic mass is 9.81. The Balaban J connectivity index is 2.57. The molecule has 1 saturated carbocycles. The van der Waals surface area contributed by atoms with E-state index >= 15 is 0 Å². The molecule has 1 aliphatic rings. The van der Waals surface area contributed by atoms with Crippen molar-refractivity contribution in [2.45, 2.75) is 73.3 Å². The highest BCUT2D eigenvalue weighted by atomic mass is 15.2. The minimum Gasteiger partial charge on any atom is -0.316 e. The Labute approximate surface area is 127 Å². The maximum absolute atomic E-state index is 3.72. The minimum atomic E-state index is 0.465. The van der Waals surface area contributed by atoms with E-state index in [-0.39, 0.29) is 0 Å². The van der Waals surface area contributed by atoms with Gasteiger partial charge in [-0.05, 0) is 49.5 Å². The van der Waals surface area contributed by atoms with Crippen LogP contribution in [-0.4, -0.2) is 37.1 Å². The van der Waals surface area contributed by atoms with E-state index in [1.54, 1.807) is 0 Å². The Morgan fingerprint density at radius 2 is 1.65 bits per heavy atom. The quantitative estimate of drug-likeness (QED) is 0.612. The molecule has 1 fully saturated rings. The average molecular weight is 283 g/mol. The second-order valence-corrected chi connectivity index (χ2v) is 7.79. The van der Waals surface area contributed by atoms with Crippen molar-refractivity contribution in [3.8, 4) is 0 Å². The van der Waals surface area contributed by atoms with Crippen LogP contribution in [-0.2, 0) is 0 Å². The van der Waals surface area contributed by atoms with E-state index in [4.69, 9.17) is 0 Å². The molecule has 120 valence electrons. The van der Waals surface area contributed by atoms with Crippen LogP contribution in [0.15, 0.2) is 0 Å². The molecule has 0 amide bonds. The summed E-state index contributed by atoms with van der Waals surface area (Å²) in [6.45, 7) is 18.9. The first-order chi connectivity index (χ1) is 9.42. The maximum atomic E-state index is 3.72. The van der Waals surface area contributed by atoms with E-state index < -0.39 is 0 Å². The highest BCUT2D eigenvalue weighted by molar-refractivity contribution is 4.91. The first-order valence-electron chi connectivity index (χ1n) is 8.87. The van der Waals surface area contributed by atoms with Crippen LogP contribution >= 0.6 is 0 Å². The zero-order valence-electron chi connectivity index (χ0n) is 14.8. The molecule has 0 aromatic carbocycles. The van der Waals surface area contributed by atoms with Crippen LogP contribution in [0, 0.1) is 17.3 Å². The van der Waals surface area contributed by atoms with E-state index in [1.165, 1.54) is 45.3 Å². The molecule has 0 atom stereocenters. The molecular weight excluding hydrogens is 244 g/mol. The molecule has 0 heterocycles. The van der Waals surface area contributed by atoms with Crippen molar-refractivity contribution in [3.63, 3.8) is 0 Å². The smallest absolute Gasteiger partial charge is 0.00967 e. The number of hydrogen-bond donors (Lipinski definition) is 1. The first kappa shape index (κ1) is 18.0. The summed E-state index contributed by atoms with van der Waals surface area (Å²) in [5.74, 6) is 1.53. The molecule has 0 aliphatic heterocycles. The van der Waals surface area contributed by atoms with Gasteiger partial charge in [-0.1, -0.05) is 41.5 Å². The van der Waals surface area contributed by atoms with Gasteiger partial charge in [0.15, 0.2) is 0 Å². The predicted molar refractivity (Wildman–Crippen MR) is 90.2 cm³/mol. The van der Waals surface area contributed by atoms with Crippen molar-refractivity contribution in [2.24, 2.45) is 17.3 Å². The van der Waals surface area contributed by atoms with E-state index in [0.717, 1.165) is 24.4 Å². The SMILES string of the molecule is CCC(CC)(CNCC(C)C)CN(CC(C)C)C1CC1. The summed E-state index contributed by atoms with van der Waals surface area (Å²) in [5, 5.41) is 3.72. The number of rotatable bonds is 11. The molecule has 0 aromatic rings. The highest BCUT2D eigenvalue weighted by Gasteiger charge is 2.35. The maximum Gasteiger partial charge on any atom is 0.00967 e. The third kappa shape index (κ3) is 6.13. The lowest BCUT2D eigenvalue weighted by Crippen LogP contribution is -2.46. The zero-order chi connectivity index (χ0) is 15.2. The largest absolute Gasteiger partial charge is 0.316 e. The van der Waals surface area contributed by atoms with Crippen LogP contribution in [0.2, 0.25) is 0 Å². The van der Waals surface area contributed by atoms with Crippen molar-refractivity contribution in [1.82, 2.24) is 10.2 Å². The fourth-order valence-corrected chi connectivity index (χ4v) is 3.09. The predicted octanol–water partition coefficient (Wildman–Crippen LogP) is 4.16. The van der Waals surface area contributed by atoms with Gasteiger partial charge in [0.2, 0.25) is 0 Å². The van der Waals surface area contributed by atoms with Gasteiger partial charge in [0.25, 0.3) is 0 Å². The summed E-state index contributed by atoms with van der Waals surface area (Å²) >= 11 is 0. The summed E-state index contributed by atoms with van der Waals surface area (Å²) in [6, 6.07) is 0.889. The Morgan fingerprint density at radius 3 is 2.05 bits per heavy atom. The zero-order valence-corrected chi connectivity index (χ0v) is 14.8. The van der Waals surface area contributed by atoms with Gasteiger partial charge in [-0.2, -0.15) is 0 Å². The molecular formula is C18H38N2. The lowest BCUT2D eigenvalue weighted by Gasteiger charge is -2.38. The van der Waals surface area contributed by atoms with Crippen LogP contribution in [0.5, 0.6) is 0 Å². The molecule has 1 rings (SSSR count). The third-order valence-corrected chi connectivity index (χ3v) is 4.75. The van der Waals surface area contributed by atoms with E-state index in [0.29, 0.717) is 5.41 Å². The Hall–Kier alpha value is -0.0800. The number of nitrogens with zero attached hydrogens (tertiary/aromatic N) is 1. The fourth-order valence-electron chi connectivity index (χ4n) is 3.09. The number of nitrogens with one attached hydrogen (secondary N) is 1. The van der Waals surface area contributed by atoms with E-state index in [2.05, 4.69) is 51.8 Å². The van der Waals surface area contributed by atoms with E-state index in [9.17, 15) is 0 Å². The highest BCUT2D eigenvalue weighted by Crippen LogP contribution is 2.34. The van der Waals surface area contributed by atoms with Gasteiger partial charge >= 0.3 is 0 Å². The minimum absolute atomic E-state index is 0.465. The standard InChI is InChI=1S/C18H38N2/c1-7-18(8-2,13-19-11-15(3)4)14-20(12-16(5)6)17-9-10-17/h15-17,19H,7-14H2,1-6H3. The number of hydrogen-bond acceptors (Lipinski definition) is 2. The van der Waals surface area contributed by atoms with Gasteiger partial charge in [0, 0.05) is 25.7 Å². The van der Waals surface area contributed by atoms with Gasteiger partial charge < -0.3 is 5.32 Å². The molecule has 2 heteroatoms. The summed E-state index contributed by atoms with van der Waals surface area (Å²) in [6.07, 6.45) is 5.43. The van der Waals surface area contributed by atoms with E-state index in [1.807, 2.05) is 0 Å². The molecule has 20 heavy (non-hydrogen) atoms. The topological polar surface area (TPSA) is 15.3 Å². The van der Waals surface area contributed by atoms with Crippen molar-refractivity contribution in [3.05, 3.63) is 0 Å². The summed E-state index contributed by atoms with van der Waals surface area (Å²) in [4.78, 5) is 2.79. The molecule has 0 saturated heterocycles. The van der Waals surface area contributed by atoms with Gasteiger partial charge in [-0.3, -0.25) is 4.90 Å². The molecule has 1 N–H and O–H groups in total. The normalized spacial score (nSPS) is 16.6. The molecule has 0 bridgehead atoms. The van der Waals surface area contributed by atoms with Crippen molar-refractivity contribution >= 4 is 0 Å². The third-order valence-electron chi connectivity index (χ3n) is 4.75. The molecule has 0 unspecified atom stereocenters. The van der Waals surface area contributed by atoms with Crippen LogP contribution in [0.1, 0.15) is 67.2 Å². The van der Waals surface area contributed by atoms with Crippen molar-refractivity contribution < 1.29 is 0 Å². The molecule has 0 spiro atoms. The summed E-state index contributed by atoms with van der Waals surface area (Å²) < 4.78 is 0. The van der Waals surface area contributed by atoms with Gasteiger partial charge in [0.05, 0.1) is 0 Å². The van der Waals surface area contributed by atoms with Crippen LogP contribution in [0.25, 0.3) is 0 Å². The molecule has 1 aliphatic carbocycles. The van der Waals surface area contributed by atoms with Gasteiger partial charge in [0.1, 0.15) is 0 Å². The summed E-state index contributed by atoms with van der Waals surface area (Å²) in [7, 11) is 0. The molecule has 0 aromatic heterocycles. The van der Waals surface area contributed by atoms with Crippen LogP contribution in [0.4, 0.5) is 0 Å². The monoisotopic (exact) mass is 282 g/mol. The van der Waals surface area contributed by atoms with Gasteiger partial charge in [-0.15, -0.1) is 0 Å². The Bertz CT molecular complexity index is 252. The first-order valence-corrected chi connectivity index (χ1v) is 8.87.